The van der Waals surface area contributed by atoms with Crippen molar-refractivity contribution >= 4 is 11.7 Å². The monoisotopic (exact) mass is 245 g/mol. The van der Waals surface area contributed by atoms with E-state index in [0.29, 0.717) is 12.8 Å². The van der Waals surface area contributed by atoms with Crippen LogP contribution in [-0.2, 0) is 9.53 Å². The molecule has 0 aromatic rings. The fraction of sp³-hybridized carbons (Fsp3) is 0.818. The molecule has 0 aliphatic heterocycles. The van der Waals surface area contributed by atoms with Crippen molar-refractivity contribution in [3.05, 3.63) is 0 Å². The summed E-state index contributed by atoms with van der Waals surface area (Å²) in [6, 6.07) is -0.119. The van der Waals surface area contributed by atoms with Gasteiger partial charge in [0.1, 0.15) is 5.84 Å². The van der Waals surface area contributed by atoms with Crippen molar-refractivity contribution in [3.63, 3.8) is 0 Å². The molecule has 6 nitrogen and oxygen atoms in total. The highest BCUT2D eigenvalue weighted by Gasteiger charge is 2.25. The summed E-state index contributed by atoms with van der Waals surface area (Å²) in [6.07, 6.45) is 0.632. The van der Waals surface area contributed by atoms with Gasteiger partial charge in [0.05, 0.1) is 12.0 Å². The Morgan fingerprint density at radius 2 is 2.12 bits per heavy atom. The number of hydrogen-bond donors (Lipinski definition) is 2. The highest BCUT2D eigenvalue weighted by molar-refractivity contribution is 5.82. The summed E-state index contributed by atoms with van der Waals surface area (Å²) in [4.78, 5) is 13.5. The number of ether oxygens (including phenoxy) is 1. The van der Waals surface area contributed by atoms with Crippen LogP contribution in [0.15, 0.2) is 5.16 Å². The van der Waals surface area contributed by atoms with Gasteiger partial charge in [0.25, 0.3) is 0 Å². The first kappa shape index (κ1) is 15.7. The summed E-state index contributed by atoms with van der Waals surface area (Å²) in [7, 11) is 3.27. The Labute approximate surface area is 102 Å². The van der Waals surface area contributed by atoms with Gasteiger partial charge in [-0.15, -0.1) is 0 Å². The SMILES string of the molecule is COC(C)(C)CC(=O)N(C)C(C)CC(N)=NO. The first-order valence-electron chi connectivity index (χ1n) is 5.50. The van der Waals surface area contributed by atoms with Crippen LogP contribution in [0, 0.1) is 0 Å². The van der Waals surface area contributed by atoms with Gasteiger partial charge in [0.2, 0.25) is 5.91 Å². The van der Waals surface area contributed by atoms with Gasteiger partial charge in [-0.1, -0.05) is 5.16 Å². The summed E-state index contributed by atoms with van der Waals surface area (Å²) in [5.41, 5.74) is 4.92. The molecule has 0 aromatic heterocycles. The summed E-state index contributed by atoms with van der Waals surface area (Å²) < 4.78 is 5.20. The predicted molar refractivity (Wildman–Crippen MR) is 66.0 cm³/mol. The van der Waals surface area contributed by atoms with E-state index >= 15 is 0 Å². The summed E-state index contributed by atoms with van der Waals surface area (Å²) in [5, 5.41) is 11.4. The molecule has 0 aliphatic rings. The van der Waals surface area contributed by atoms with Gasteiger partial charge in [0.15, 0.2) is 0 Å². The molecule has 0 rings (SSSR count). The Hall–Kier alpha value is -1.30. The van der Waals surface area contributed by atoms with Crippen LogP contribution < -0.4 is 5.73 Å². The second-order valence-corrected chi connectivity index (χ2v) is 4.79. The lowest BCUT2D eigenvalue weighted by atomic mass is 10.0. The van der Waals surface area contributed by atoms with Gasteiger partial charge < -0.3 is 20.6 Å². The van der Waals surface area contributed by atoms with Crippen molar-refractivity contribution in [2.24, 2.45) is 10.9 Å². The zero-order valence-corrected chi connectivity index (χ0v) is 11.2. The lowest BCUT2D eigenvalue weighted by Gasteiger charge is -2.29. The van der Waals surface area contributed by atoms with Crippen molar-refractivity contribution in [2.45, 2.75) is 45.3 Å². The molecule has 0 aromatic carbocycles. The largest absolute Gasteiger partial charge is 0.409 e. The average molecular weight is 245 g/mol. The van der Waals surface area contributed by atoms with Gasteiger partial charge in [-0.2, -0.15) is 0 Å². The highest BCUT2D eigenvalue weighted by Crippen LogP contribution is 2.15. The van der Waals surface area contributed by atoms with Gasteiger partial charge in [-0.3, -0.25) is 4.79 Å². The third-order valence-electron chi connectivity index (χ3n) is 2.82. The Bertz CT molecular complexity index is 290. The van der Waals surface area contributed by atoms with Crippen LogP contribution in [0.5, 0.6) is 0 Å². The molecule has 100 valence electrons. The standard InChI is InChI=1S/C11H23N3O3/c1-8(6-9(12)13-16)14(4)10(15)7-11(2,3)17-5/h8,16H,6-7H2,1-5H3,(H2,12,13). The second kappa shape index (κ2) is 6.44. The van der Waals surface area contributed by atoms with Crippen molar-refractivity contribution in [2.75, 3.05) is 14.2 Å². The average Bonchev–Trinajstić information content (AvgIpc) is 2.27. The number of amides is 1. The maximum Gasteiger partial charge on any atom is 0.225 e. The third kappa shape index (κ3) is 5.53. The van der Waals surface area contributed by atoms with E-state index in [2.05, 4.69) is 5.16 Å². The van der Waals surface area contributed by atoms with Crippen LogP contribution in [0.1, 0.15) is 33.6 Å². The van der Waals surface area contributed by atoms with Crippen molar-refractivity contribution < 1.29 is 14.7 Å². The number of carbonyl (C=O) groups is 1. The molecule has 0 saturated carbocycles. The molecule has 6 heteroatoms. The van der Waals surface area contributed by atoms with Gasteiger partial charge in [0, 0.05) is 26.6 Å². The highest BCUT2D eigenvalue weighted by atomic mass is 16.5. The molecule has 17 heavy (non-hydrogen) atoms. The maximum absolute atomic E-state index is 11.9. The lowest BCUT2D eigenvalue weighted by Crippen LogP contribution is -2.41. The van der Waals surface area contributed by atoms with E-state index in [0.717, 1.165) is 0 Å². The molecule has 0 fully saturated rings. The molecule has 0 aliphatic carbocycles. The zero-order valence-electron chi connectivity index (χ0n) is 11.2. The third-order valence-corrected chi connectivity index (χ3v) is 2.82. The van der Waals surface area contributed by atoms with Crippen LogP contribution in [0.2, 0.25) is 0 Å². The number of nitrogens with zero attached hydrogens (tertiary/aromatic N) is 2. The van der Waals surface area contributed by atoms with E-state index in [-0.39, 0.29) is 17.8 Å². The minimum Gasteiger partial charge on any atom is -0.409 e. The number of amidine groups is 1. The number of rotatable bonds is 6. The Kier molecular flexibility index (Phi) is 5.95. The summed E-state index contributed by atoms with van der Waals surface area (Å²) >= 11 is 0. The smallest absolute Gasteiger partial charge is 0.225 e. The predicted octanol–water partition coefficient (Wildman–Crippen LogP) is 0.785. The Balaban J connectivity index is 4.40. The van der Waals surface area contributed by atoms with Crippen LogP contribution >= 0.6 is 0 Å². The van der Waals surface area contributed by atoms with Crippen molar-refractivity contribution in [3.8, 4) is 0 Å². The maximum atomic E-state index is 11.9. The lowest BCUT2D eigenvalue weighted by molar-refractivity contribution is -0.136. The van der Waals surface area contributed by atoms with E-state index in [9.17, 15) is 4.79 Å². The van der Waals surface area contributed by atoms with Crippen LogP contribution in [0.4, 0.5) is 0 Å². The first-order chi connectivity index (χ1) is 7.73. The van der Waals surface area contributed by atoms with Crippen LogP contribution in [0.25, 0.3) is 0 Å². The molecule has 1 amide bonds. The first-order valence-corrected chi connectivity index (χ1v) is 5.50. The molecule has 0 spiro atoms. The fourth-order valence-electron chi connectivity index (χ4n) is 1.29. The molecule has 3 N–H and O–H groups in total. The quantitative estimate of drug-likeness (QED) is 0.313. The number of methoxy groups -OCH3 is 1. The van der Waals surface area contributed by atoms with Crippen LogP contribution in [-0.4, -0.2) is 47.7 Å². The van der Waals surface area contributed by atoms with E-state index in [1.165, 1.54) is 0 Å². The molecule has 1 atom stereocenters. The molecule has 0 radical (unpaired) electrons. The van der Waals surface area contributed by atoms with Gasteiger partial charge in [-0.25, -0.2) is 0 Å². The molecular formula is C11H23N3O3. The van der Waals surface area contributed by atoms with E-state index < -0.39 is 5.60 Å². The van der Waals surface area contributed by atoms with Crippen LogP contribution in [0.3, 0.4) is 0 Å². The summed E-state index contributed by atoms with van der Waals surface area (Å²) in [5.74, 6) is 0.0817. The molecule has 0 heterocycles. The Morgan fingerprint density at radius 3 is 2.53 bits per heavy atom. The van der Waals surface area contributed by atoms with E-state index in [4.69, 9.17) is 15.7 Å². The number of oxime groups is 1. The molecule has 0 bridgehead atoms. The summed E-state index contributed by atoms with van der Waals surface area (Å²) in [6.45, 7) is 5.55. The van der Waals surface area contributed by atoms with E-state index in [1.54, 1.807) is 19.1 Å². The normalized spacial score (nSPS) is 14.5. The minimum absolute atomic E-state index is 0.0323. The number of hydrogen-bond acceptors (Lipinski definition) is 4. The van der Waals surface area contributed by atoms with E-state index in [1.807, 2.05) is 20.8 Å². The molecular weight excluding hydrogens is 222 g/mol. The molecule has 0 saturated heterocycles. The van der Waals surface area contributed by atoms with Crippen molar-refractivity contribution in [1.29, 1.82) is 0 Å². The topological polar surface area (TPSA) is 88.2 Å². The van der Waals surface area contributed by atoms with Gasteiger partial charge >= 0.3 is 0 Å². The minimum atomic E-state index is -0.484. The Morgan fingerprint density at radius 1 is 1.59 bits per heavy atom. The molecule has 1 unspecified atom stereocenters. The van der Waals surface area contributed by atoms with Gasteiger partial charge in [-0.05, 0) is 20.8 Å². The second-order valence-electron chi connectivity index (χ2n) is 4.79. The number of nitrogens with two attached hydrogens (primary N) is 1. The fourth-order valence-corrected chi connectivity index (χ4v) is 1.29. The van der Waals surface area contributed by atoms with Crippen molar-refractivity contribution in [1.82, 2.24) is 4.90 Å². The number of carbonyl (C=O) groups excluding carboxylic acids is 1. The zero-order chi connectivity index (χ0) is 13.6.